The Morgan fingerprint density at radius 1 is 0.714 bits per heavy atom. The van der Waals surface area contributed by atoms with Gasteiger partial charge in [0.2, 0.25) is 0 Å². The maximum atomic E-state index is 12.4. The van der Waals surface area contributed by atoms with Gasteiger partial charge in [0.25, 0.3) is 0 Å². The van der Waals surface area contributed by atoms with Crippen LogP contribution in [0.25, 0.3) is 0 Å². The minimum atomic E-state index is -2.74. The van der Waals surface area contributed by atoms with Crippen LogP contribution in [0.1, 0.15) is 0 Å². The maximum Gasteiger partial charge on any atom is 0.443 e. The number of allylic oxidation sites excluding steroid dienone is 2. The molecule has 2 aliphatic rings. The number of ether oxygens (including phenoxy) is 1. The molecule has 49 heavy (non-hydrogen) atoms. The highest BCUT2D eigenvalue weighted by Crippen LogP contribution is 2.47. The van der Waals surface area contributed by atoms with Crippen molar-refractivity contribution in [3.63, 3.8) is 0 Å². The Labute approximate surface area is 308 Å². The van der Waals surface area contributed by atoms with Gasteiger partial charge in [-0.25, -0.2) is 9.59 Å². The molecule has 2 aliphatic carbocycles. The molecule has 0 radical (unpaired) electrons. The van der Waals surface area contributed by atoms with Crippen LogP contribution in [0.3, 0.4) is 0 Å². The molecule has 17 nitrogen and oxygen atoms in total. The van der Waals surface area contributed by atoms with E-state index in [0.29, 0.717) is 11.4 Å². The van der Waals surface area contributed by atoms with E-state index >= 15 is 0 Å². The second-order valence-electron chi connectivity index (χ2n) is 9.39. The third kappa shape index (κ3) is 7.51. The number of amides is 2. The highest BCUT2D eigenvalue weighted by atomic mass is 79.9. The Kier molecular flexibility index (Phi) is 11.9. The van der Waals surface area contributed by atoms with E-state index < -0.39 is 63.2 Å². The number of benzene rings is 2. The molecule has 252 valence electrons. The molecular weight excluding hydrogens is 916 g/mol. The fraction of sp³-hybridized carbons (Fsp3) is 0.143. The summed E-state index contributed by atoms with van der Waals surface area (Å²) in [7, 11) is 0. The molecule has 4 atom stereocenters. The van der Waals surface area contributed by atoms with Gasteiger partial charge in [-0.15, -0.1) is 0 Å². The Bertz CT molecular complexity index is 1760. The fourth-order valence-corrected chi connectivity index (χ4v) is 7.64. The van der Waals surface area contributed by atoms with Gasteiger partial charge in [-0.1, -0.05) is 78.0 Å². The number of hydrogen-bond donors (Lipinski definition) is 2. The zero-order valence-electron chi connectivity index (χ0n) is 23.9. The molecule has 0 fully saturated rings. The van der Waals surface area contributed by atoms with Crippen molar-refractivity contribution >= 4 is 87.3 Å². The molecule has 0 aromatic heterocycles. The van der Waals surface area contributed by atoms with Crippen LogP contribution >= 0.6 is 63.7 Å². The van der Waals surface area contributed by atoms with E-state index in [-0.39, 0.29) is 11.5 Å². The third-order valence-electron chi connectivity index (χ3n) is 6.46. The van der Waals surface area contributed by atoms with E-state index in [1.54, 1.807) is 48.5 Å². The summed E-state index contributed by atoms with van der Waals surface area (Å²) >= 11 is 12.2. The van der Waals surface area contributed by atoms with Crippen molar-refractivity contribution in [2.75, 3.05) is 10.6 Å². The average molecular weight is 932 g/mol. The van der Waals surface area contributed by atoms with Crippen molar-refractivity contribution < 1.29 is 43.7 Å². The van der Waals surface area contributed by atoms with Crippen molar-refractivity contribution in [3.05, 3.63) is 125 Å². The number of nitriles is 2. The number of carbonyl (C=O) groups excluding carboxylic acids is 2. The van der Waals surface area contributed by atoms with Crippen LogP contribution < -0.4 is 10.6 Å². The summed E-state index contributed by atoms with van der Waals surface area (Å²) in [5, 5.41) is 49.4. The Morgan fingerprint density at radius 3 is 1.37 bits per heavy atom. The standard InChI is InChI=1S/C28H16Br4N6O11/c29-21-11-19(17(13-33)23(31)27(21,37(41)42)48-46-25(39)35-15-7-3-1-4-8-15)45-20-12-22(30)28(38(43)44,24(32)18(20)14-34)49-47-26(40)36-16-9-5-2-6-10-16/h1-12,23-24H,(H,35,39)(H,36,40). The van der Waals surface area contributed by atoms with Gasteiger partial charge in [0.15, 0.2) is 9.65 Å². The highest BCUT2D eigenvalue weighted by molar-refractivity contribution is 9.12. The molecule has 2 N–H and O–H groups in total. The van der Waals surface area contributed by atoms with Crippen molar-refractivity contribution in [2.45, 2.75) is 21.1 Å². The summed E-state index contributed by atoms with van der Waals surface area (Å²) in [6, 6.07) is 19.4. The van der Waals surface area contributed by atoms with Gasteiger partial charge in [0.05, 0.1) is 21.0 Å². The van der Waals surface area contributed by atoms with E-state index in [4.69, 9.17) is 24.3 Å². The van der Waals surface area contributed by atoms with E-state index in [1.165, 1.54) is 24.3 Å². The number of nitrogens with zero attached hydrogens (tertiary/aromatic N) is 4. The molecule has 0 spiro atoms. The zero-order valence-corrected chi connectivity index (χ0v) is 30.2. The smallest absolute Gasteiger partial charge is 0.443 e. The van der Waals surface area contributed by atoms with Gasteiger partial charge in [-0.2, -0.15) is 10.5 Å². The Balaban J connectivity index is 1.61. The second-order valence-corrected chi connectivity index (χ2v) is 12.9. The SMILES string of the molecule is N#CC1=C(OC2=C(C#N)C(Br)C(OOC(=O)Nc3ccccc3)([N+](=O)[O-])C(Br)=C2)C=C(Br)C(OOC(=O)Nc2ccccc2)([N+](=O)[O-])C1Br. The van der Waals surface area contributed by atoms with Crippen LogP contribution in [0, 0.1) is 42.9 Å². The van der Waals surface area contributed by atoms with Crippen LogP contribution in [0.5, 0.6) is 0 Å². The molecule has 2 aromatic rings. The quantitative estimate of drug-likeness (QED) is 0.0805. The highest BCUT2D eigenvalue weighted by Gasteiger charge is 2.63. The third-order valence-corrected chi connectivity index (χ3v) is 10.2. The monoisotopic (exact) mass is 928 g/mol. The van der Waals surface area contributed by atoms with Crippen molar-refractivity contribution in [1.82, 2.24) is 0 Å². The van der Waals surface area contributed by atoms with Gasteiger partial charge < -0.3 is 4.74 Å². The number of para-hydroxylation sites is 2. The van der Waals surface area contributed by atoms with E-state index in [2.05, 4.69) is 74.4 Å². The Hall–Kier alpha value is -4.64. The molecule has 2 aromatic carbocycles. The molecule has 0 saturated carbocycles. The first-order chi connectivity index (χ1) is 23.3. The number of carbonyl (C=O) groups is 2. The molecule has 4 unspecified atom stereocenters. The minimum absolute atomic E-state index is 0.292. The van der Waals surface area contributed by atoms with E-state index in [9.17, 15) is 40.3 Å². The van der Waals surface area contributed by atoms with Crippen molar-refractivity contribution in [1.29, 1.82) is 10.5 Å². The van der Waals surface area contributed by atoms with Gasteiger partial charge in [-0.05, 0) is 56.1 Å². The van der Waals surface area contributed by atoms with E-state index in [0.717, 1.165) is 12.2 Å². The predicted molar refractivity (Wildman–Crippen MR) is 181 cm³/mol. The summed E-state index contributed by atoms with van der Waals surface area (Å²) in [6.45, 7) is 0. The van der Waals surface area contributed by atoms with Crippen molar-refractivity contribution in [3.8, 4) is 12.1 Å². The summed E-state index contributed by atoms with van der Waals surface area (Å²) in [5.41, 5.74) is -5.86. The molecule has 0 aliphatic heterocycles. The lowest BCUT2D eigenvalue weighted by Gasteiger charge is -2.32. The number of nitrogens with one attached hydrogen (secondary N) is 2. The van der Waals surface area contributed by atoms with Gasteiger partial charge in [0, 0.05) is 23.5 Å². The number of halogens is 4. The molecule has 4 rings (SSSR count). The number of anilines is 2. The van der Waals surface area contributed by atoms with E-state index in [1.807, 2.05) is 0 Å². The first kappa shape index (κ1) is 37.2. The van der Waals surface area contributed by atoms with Crippen LogP contribution in [0.4, 0.5) is 21.0 Å². The first-order valence-electron chi connectivity index (χ1n) is 13.0. The van der Waals surface area contributed by atoms with Gasteiger partial charge >= 0.3 is 23.6 Å². The molecule has 0 saturated heterocycles. The number of rotatable bonds is 10. The second kappa shape index (κ2) is 15.7. The number of alkyl halides is 2. The normalized spacial score (nSPS) is 23.1. The van der Waals surface area contributed by atoms with Crippen molar-refractivity contribution in [2.24, 2.45) is 0 Å². The van der Waals surface area contributed by atoms with Crippen LogP contribution in [0.2, 0.25) is 0 Å². The molecule has 2 amide bonds. The van der Waals surface area contributed by atoms with Crippen LogP contribution in [0.15, 0.2) is 104 Å². The fourth-order valence-electron chi connectivity index (χ4n) is 4.09. The average Bonchev–Trinajstić information content (AvgIpc) is 3.05. The number of hydrogen-bond acceptors (Lipinski definition) is 13. The topological polar surface area (TPSA) is 238 Å². The lowest BCUT2D eigenvalue weighted by molar-refractivity contribution is -0.648. The zero-order chi connectivity index (χ0) is 35.9. The molecule has 21 heteroatoms. The predicted octanol–water partition coefficient (Wildman–Crippen LogP) is 6.98. The summed E-state index contributed by atoms with van der Waals surface area (Å²) in [6.07, 6.45) is -0.542. The lowest BCUT2D eigenvalue weighted by atomic mass is 9.95. The molecule has 0 heterocycles. The number of nitro groups is 2. The summed E-state index contributed by atoms with van der Waals surface area (Å²) in [5.74, 6) is -0.754. The first-order valence-corrected chi connectivity index (χ1v) is 16.5. The summed E-state index contributed by atoms with van der Waals surface area (Å²) < 4.78 is 4.99. The van der Waals surface area contributed by atoms with Gasteiger partial charge in [0.1, 0.15) is 32.6 Å². The molecule has 0 bridgehead atoms. The lowest BCUT2D eigenvalue weighted by Crippen LogP contribution is -2.53. The maximum absolute atomic E-state index is 12.4. The molecular formula is C28H16Br4N6O11. The largest absolute Gasteiger partial charge is 0.455 e. The van der Waals surface area contributed by atoms with Crippen LogP contribution in [-0.2, 0) is 24.3 Å². The van der Waals surface area contributed by atoms with Crippen LogP contribution in [-0.4, -0.2) is 43.1 Å². The van der Waals surface area contributed by atoms with Gasteiger partial charge in [-0.3, -0.25) is 40.6 Å². The summed E-state index contributed by atoms with van der Waals surface area (Å²) in [4.78, 5) is 63.5. The minimum Gasteiger partial charge on any atom is -0.455 e. The Morgan fingerprint density at radius 2 is 1.06 bits per heavy atom.